The van der Waals surface area contributed by atoms with Gasteiger partial charge in [-0.2, -0.15) is 0 Å². The Morgan fingerprint density at radius 3 is 2.04 bits per heavy atom. The summed E-state index contributed by atoms with van der Waals surface area (Å²) in [6, 6.07) is 16.6. The van der Waals surface area contributed by atoms with Gasteiger partial charge in [-0.25, -0.2) is 0 Å². The van der Waals surface area contributed by atoms with Crippen molar-refractivity contribution in [3.63, 3.8) is 0 Å². The third kappa shape index (κ3) is 7.97. The Morgan fingerprint density at radius 1 is 0.840 bits per heavy atom. The van der Waals surface area contributed by atoms with Gasteiger partial charge in [-0.15, -0.1) is 35.9 Å². The number of hydrogen-bond acceptors (Lipinski definition) is 6. The molecule has 128 valence electrons. The maximum absolute atomic E-state index is 7.75. The normalized spacial score (nSPS) is 7.84. The molecule has 2 radical (unpaired) electrons. The van der Waals surface area contributed by atoms with Crippen LogP contribution >= 0.6 is 0 Å². The van der Waals surface area contributed by atoms with Crippen LogP contribution in [0.5, 0.6) is 0 Å². The number of pyridine rings is 1. The first kappa shape index (κ1) is 24.4. The first-order chi connectivity index (χ1) is 11.9. The second-order valence-electron chi connectivity index (χ2n) is 3.78. The van der Waals surface area contributed by atoms with E-state index in [9.17, 15) is 0 Å². The van der Waals surface area contributed by atoms with Crippen LogP contribution in [0.25, 0.3) is 22.6 Å². The summed E-state index contributed by atoms with van der Waals surface area (Å²) in [4.78, 5) is 36.0. The molecule has 0 aliphatic heterocycles. The summed E-state index contributed by atoms with van der Waals surface area (Å²) in [5, 5.41) is 0. The van der Waals surface area contributed by atoms with Crippen LogP contribution in [0.1, 0.15) is 0 Å². The molecule has 1 aromatic carbocycles. The summed E-state index contributed by atoms with van der Waals surface area (Å²) in [5.41, 5.74) is 3.33. The summed E-state index contributed by atoms with van der Waals surface area (Å²) in [6.45, 7) is 11.0. The minimum absolute atomic E-state index is 0. The van der Waals surface area contributed by atoms with Gasteiger partial charge in [0.15, 0.2) is 0 Å². The molecular weight excluding hydrogens is 492 g/mol. The topological polar surface area (TPSA) is 89.9 Å². The number of benzene rings is 1. The van der Waals surface area contributed by atoms with Crippen LogP contribution in [0.4, 0.5) is 0 Å². The predicted octanol–water partition coefficient (Wildman–Crippen LogP) is 2.06. The van der Waals surface area contributed by atoms with E-state index in [0.717, 1.165) is 22.6 Å². The summed E-state index contributed by atoms with van der Waals surface area (Å²) < 4.78 is 0. The van der Waals surface area contributed by atoms with E-state index in [-0.39, 0.29) is 20.4 Å². The molecule has 0 aliphatic carbocycles. The molecule has 0 saturated carbocycles. The fourth-order valence-corrected chi connectivity index (χ4v) is 1.69. The minimum Gasteiger partial charge on any atom is -0.573 e. The van der Waals surface area contributed by atoms with Crippen molar-refractivity contribution in [2.75, 3.05) is 0 Å². The minimum atomic E-state index is 0. The number of hydrogen-bond donors (Lipinski definition) is 0. The van der Waals surface area contributed by atoms with E-state index in [0.29, 0.717) is 0 Å². The van der Waals surface area contributed by atoms with Gasteiger partial charge in [0.2, 0.25) is 0 Å². The molecule has 25 heavy (non-hydrogen) atoms. The third-order valence-corrected chi connectivity index (χ3v) is 2.55. The van der Waals surface area contributed by atoms with Crippen molar-refractivity contribution in [3.05, 3.63) is 67.1 Å². The summed E-state index contributed by atoms with van der Waals surface area (Å²) >= 11 is 0. The summed E-state index contributed by atoms with van der Waals surface area (Å²) in [7, 11) is 0. The van der Waals surface area contributed by atoms with Gasteiger partial charge in [0.1, 0.15) is 0 Å². The zero-order valence-corrected chi connectivity index (χ0v) is 15.6. The molecule has 0 N–H and O–H groups in total. The van der Waals surface area contributed by atoms with E-state index in [1.54, 1.807) is 18.6 Å². The predicted molar refractivity (Wildman–Crippen MR) is 88.7 cm³/mol. The Kier molecular flexibility index (Phi) is 15.6. The van der Waals surface area contributed by atoms with Crippen LogP contribution < -0.4 is 0 Å². The smallest absolute Gasteiger partial charge is 0.0962 e. The average molecular weight is 505 g/mol. The molecule has 2 aromatic heterocycles. The molecule has 3 rings (SSSR count). The van der Waals surface area contributed by atoms with Crippen molar-refractivity contribution in [1.29, 1.82) is 0 Å². The van der Waals surface area contributed by atoms with E-state index < -0.39 is 0 Å². The molecule has 0 atom stereocenters. The fourth-order valence-electron chi connectivity index (χ4n) is 1.69. The molecule has 3 aromatic rings. The maximum Gasteiger partial charge on any atom is 0.0962 e. The van der Waals surface area contributed by atoms with Gasteiger partial charge in [-0.05, 0) is 12.1 Å². The van der Waals surface area contributed by atoms with E-state index in [2.05, 4.69) is 41.4 Å². The second kappa shape index (κ2) is 16.0. The third-order valence-electron chi connectivity index (χ3n) is 2.55. The number of carbonyl (C=O) groups excluding carboxylic acids is 3. The second-order valence-corrected chi connectivity index (χ2v) is 3.78. The number of rotatable bonds is 2. The van der Waals surface area contributed by atoms with Gasteiger partial charge in [-0.3, -0.25) is 28.5 Å². The van der Waals surface area contributed by atoms with Gasteiger partial charge in [0.25, 0.3) is 0 Å². The Labute approximate surface area is 160 Å². The summed E-state index contributed by atoms with van der Waals surface area (Å²) in [5.74, 6) is 0. The maximum atomic E-state index is 7.75. The van der Waals surface area contributed by atoms with Crippen molar-refractivity contribution in [2.45, 2.75) is 0 Å². The number of nitrogens with zero attached hydrogens (tertiary/aromatic N) is 3. The van der Waals surface area contributed by atoms with Crippen LogP contribution in [0.3, 0.4) is 0 Å². The molecule has 0 amide bonds. The molecule has 7 heteroatoms. The molecular formula is C18H12N3O3Re-4. The van der Waals surface area contributed by atoms with E-state index in [1.165, 1.54) is 0 Å². The molecule has 0 bridgehead atoms. The van der Waals surface area contributed by atoms with Crippen LogP contribution in [0.2, 0.25) is 0 Å². The molecule has 0 fully saturated rings. The molecule has 0 unspecified atom stereocenters. The van der Waals surface area contributed by atoms with Gasteiger partial charge in [0.05, 0.1) is 17.6 Å². The molecule has 0 spiro atoms. The quantitative estimate of drug-likeness (QED) is 0.392. The summed E-state index contributed by atoms with van der Waals surface area (Å²) in [6.07, 6.45) is 5.20. The van der Waals surface area contributed by atoms with Crippen molar-refractivity contribution in [1.82, 2.24) is 15.0 Å². The van der Waals surface area contributed by atoms with Crippen molar-refractivity contribution in [3.8, 4) is 22.6 Å². The van der Waals surface area contributed by atoms with Gasteiger partial charge >= 0.3 is 0 Å². The first-order valence-electron chi connectivity index (χ1n) is 6.31. The number of aromatic nitrogens is 3. The fraction of sp³-hybridized carbons (Fsp3) is 0. The Bertz CT molecular complexity index is 641. The molecule has 6 nitrogen and oxygen atoms in total. The Morgan fingerprint density at radius 2 is 1.48 bits per heavy atom. The standard InChI is InChI=1S/C15H10N3.2CHO.CO.Re/c1-2-6-12(7-3-1)14-10-16-11-15(18-14)13-8-4-5-9-17-13;3*1-2;/h1-6,8-11H;2*1H;;/q4*-1;. The largest absolute Gasteiger partial charge is 0.573 e. The first-order valence-corrected chi connectivity index (χ1v) is 6.31. The van der Waals surface area contributed by atoms with Gasteiger partial charge in [0, 0.05) is 38.5 Å². The van der Waals surface area contributed by atoms with Crippen LogP contribution in [-0.4, -0.2) is 35.3 Å². The average Bonchev–Trinajstić information content (AvgIpc) is 2.74. The van der Waals surface area contributed by atoms with Crippen molar-refractivity contribution >= 4 is 20.4 Å². The van der Waals surface area contributed by atoms with Crippen molar-refractivity contribution in [2.24, 2.45) is 0 Å². The Balaban J connectivity index is 0. The van der Waals surface area contributed by atoms with Crippen LogP contribution in [0.15, 0.2) is 61.1 Å². The molecule has 2 heterocycles. The molecule has 0 saturated heterocycles. The van der Waals surface area contributed by atoms with Crippen LogP contribution in [0, 0.1) is 6.07 Å². The van der Waals surface area contributed by atoms with Crippen LogP contribution in [-0.2, 0) is 34.8 Å². The van der Waals surface area contributed by atoms with E-state index in [1.807, 2.05) is 42.5 Å². The van der Waals surface area contributed by atoms with E-state index in [4.69, 9.17) is 14.4 Å². The zero-order chi connectivity index (χ0) is 18.2. The van der Waals surface area contributed by atoms with Gasteiger partial charge in [-0.1, -0.05) is 6.07 Å². The Hall–Kier alpha value is -2.88. The van der Waals surface area contributed by atoms with Gasteiger partial charge < -0.3 is 21.2 Å². The monoisotopic (exact) mass is 505 g/mol. The zero-order valence-electron chi connectivity index (χ0n) is 12.9. The SMILES string of the molecule is [C-]=O.[CH-]=O.[CH-]=O.[Re].[c-]1ccccc1-c1cncc(-c2ccccn2)n1. The van der Waals surface area contributed by atoms with Crippen molar-refractivity contribution < 1.29 is 34.8 Å². The molecule has 0 aliphatic rings. The van der Waals surface area contributed by atoms with E-state index >= 15 is 0 Å².